The summed E-state index contributed by atoms with van der Waals surface area (Å²) in [6.45, 7) is -0.0982. The van der Waals surface area contributed by atoms with Gasteiger partial charge in [-0.15, -0.1) is 0 Å². The normalized spacial score (nSPS) is 15.5. The number of carbonyl (C=O) groups is 3. The zero-order valence-corrected chi connectivity index (χ0v) is 15.9. The maximum atomic E-state index is 12.8. The van der Waals surface area contributed by atoms with Crippen LogP contribution in [0.4, 0.5) is 0 Å². The Hall–Kier alpha value is -3.06. The molecule has 0 bridgehead atoms. The first-order valence-electron chi connectivity index (χ1n) is 8.57. The zero-order chi connectivity index (χ0) is 20.3. The van der Waals surface area contributed by atoms with Crippen molar-refractivity contribution in [2.45, 2.75) is 19.0 Å². The van der Waals surface area contributed by atoms with Gasteiger partial charge in [0.05, 0.1) is 12.7 Å². The largest absolute Gasteiger partial charge is 0.483 e. The SMILES string of the molecule is COC(=O)[C@@H]1Cc2ccccc2CN1C(=O)COc1ccc(Cl)cc1C(N)=O. The van der Waals surface area contributed by atoms with Crippen molar-refractivity contribution < 1.29 is 23.9 Å². The number of methoxy groups -OCH3 is 1. The minimum Gasteiger partial charge on any atom is -0.483 e. The molecule has 0 radical (unpaired) electrons. The van der Waals surface area contributed by atoms with Crippen LogP contribution in [-0.4, -0.2) is 42.4 Å². The molecule has 2 amide bonds. The fraction of sp³-hybridized carbons (Fsp3) is 0.250. The molecule has 1 heterocycles. The van der Waals surface area contributed by atoms with Crippen LogP contribution in [0.2, 0.25) is 5.02 Å². The van der Waals surface area contributed by atoms with Crippen molar-refractivity contribution in [1.82, 2.24) is 4.90 Å². The zero-order valence-electron chi connectivity index (χ0n) is 15.2. The van der Waals surface area contributed by atoms with Crippen molar-refractivity contribution in [3.8, 4) is 5.75 Å². The molecule has 1 aliphatic heterocycles. The molecule has 1 aliphatic rings. The molecule has 0 aliphatic carbocycles. The topological polar surface area (TPSA) is 98.9 Å². The summed E-state index contributed by atoms with van der Waals surface area (Å²) in [5, 5.41) is 0.325. The summed E-state index contributed by atoms with van der Waals surface area (Å²) >= 11 is 5.87. The number of primary amides is 1. The number of hydrogen-bond donors (Lipinski definition) is 1. The second kappa shape index (κ2) is 8.31. The number of halogens is 1. The Morgan fingerprint density at radius 1 is 1.18 bits per heavy atom. The summed E-state index contributed by atoms with van der Waals surface area (Å²) in [6.07, 6.45) is 0.363. The van der Waals surface area contributed by atoms with Gasteiger partial charge >= 0.3 is 5.97 Å². The van der Waals surface area contributed by atoms with E-state index in [-0.39, 0.29) is 24.5 Å². The van der Waals surface area contributed by atoms with Crippen molar-refractivity contribution in [2.24, 2.45) is 5.73 Å². The van der Waals surface area contributed by atoms with Crippen LogP contribution in [-0.2, 0) is 27.3 Å². The van der Waals surface area contributed by atoms with Crippen LogP contribution < -0.4 is 10.5 Å². The van der Waals surface area contributed by atoms with E-state index in [0.717, 1.165) is 11.1 Å². The van der Waals surface area contributed by atoms with Gasteiger partial charge in [0.2, 0.25) is 0 Å². The number of carbonyl (C=O) groups excluding carboxylic acids is 3. The summed E-state index contributed by atoms with van der Waals surface area (Å²) in [7, 11) is 1.29. The Labute approximate surface area is 167 Å². The highest BCUT2D eigenvalue weighted by Crippen LogP contribution is 2.26. The number of fused-ring (bicyclic) bond motifs is 1. The van der Waals surface area contributed by atoms with E-state index in [2.05, 4.69) is 0 Å². The maximum absolute atomic E-state index is 12.8. The van der Waals surface area contributed by atoms with E-state index in [1.165, 1.54) is 30.2 Å². The van der Waals surface area contributed by atoms with Gasteiger partial charge in [-0.3, -0.25) is 9.59 Å². The molecule has 7 nitrogen and oxygen atoms in total. The molecule has 3 rings (SSSR count). The lowest BCUT2D eigenvalue weighted by atomic mass is 9.94. The van der Waals surface area contributed by atoms with Crippen LogP contribution in [0.25, 0.3) is 0 Å². The average Bonchev–Trinajstić information content (AvgIpc) is 2.70. The van der Waals surface area contributed by atoms with E-state index >= 15 is 0 Å². The molecule has 146 valence electrons. The van der Waals surface area contributed by atoms with Crippen molar-refractivity contribution >= 4 is 29.4 Å². The van der Waals surface area contributed by atoms with Crippen LogP contribution in [0.15, 0.2) is 42.5 Å². The van der Waals surface area contributed by atoms with Crippen molar-refractivity contribution in [3.05, 3.63) is 64.2 Å². The van der Waals surface area contributed by atoms with Crippen molar-refractivity contribution in [1.29, 1.82) is 0 Å². The smallest absolute Gasteiger partial charge is 0.328 e. The van der Waals surface area contributed by atoms with Gasteiger partial charge in [0.1, 0.15) is 11.8 Å². The molecular formula is C20H19ClN2O5. The van der Waals surface area contributed by atoms with E-state index in [0.29, 0.717) is 11.4 Å². The molecule has 1 atom stereocenters. The summed E-state index contributed by atoms with van der Waals surface area (Å²) < 4.78 is 10.4. The minimum absolute atomic E-state index is 0.0776. The summed E-state index contributed by atoms with van der Waals surface area (Å²) in [6, 6.07) is 11.2. The number of nitrogens with zero attached hydrogens (tertiary/aromatic N) is 1. The first-order chi connectivity index (χ1) is 13.4. The fourth-order valence-corrected chi connectivity index (χ4v) is 3.35. The molecule has 0 unspecified atom stereocenters. The van der Waals surface area contributed by atoms with E-state index in [9.17, 15) is 14.4 Å². The fourth-order valence-electron chi connectivity index (χ4n) is 3.17. The molecule has 0 saturated carbocycles. The monoisotopic (exact) mass is 402 g/mol. The highest BCUT2D eigenvalue weighted by molar-refractivity contribution is 6.31. The Morgan fingerprint density at radius 2 is 1.89 bits per heavy atom. The maximum Gasteiger partial charge on any atom is 0.328 e. The lowest BCUT2D eigenvalue weighted by Gasteiger charge is -2.35. The van der Waals surface area contributed by atoms with Crippen molar-refractivity contribution in [2.75, 3.05) is 13.7 Å². The quantitative estimate of drug-likeness (QED) is 0.770. The van der Waals surface area contributed by atoms with Gasteiger partial charge in [-0.2, -0.15) is 0 Å². The Kier molecular flexibility index (Phi) is 5.84. The molecule has 2 aromatic rings. The first-order valence-corrected chi connectivity index (χ1v) is 8.94. The van der Waals surface area contributed by atoms with Crippen LogP contribution in [0, 0.1) is 0 Å². The molecule has 0 fully saturated rings. The lowest BCUT2D eigenvalue weighted by molar-refractivity contribution is -0.154. The molecule has 0 aromatic heterocycles. The third kappa shape index (κ3) is 4.09. The third-order valence-electron chi connectivity index (χ3n) is 4.60. The van der Waals surface area contributed by atoms with Gasteiger partial charge in [0.15, 0.2) is 6.61 Å². The van der Waals surface area contributed by atoms with Crippen LogP contribution in [0.3, 0.4) is 0 Å². The Bertz CT molecular complexity index is 931. The van der Waals surface area contributed by atoms with E-state index < -0.39 is 23.8 Å². The van der Waals surface area contributed by atoms with Gasteiger partial charge in [-0.25, -0.2) is 4.79 Å². The molecule has 8 heteroatoms. The Morgan fingerprint density at radius 3 is 2.57 bits per heavy atom. The number of rotatable bonds is 5. The van der Waals surface area contributed by atoms with Crippen LogP contribution in [0.1, 0.15) is 21.5 Å². The van der Waals surface area contributed by atoms with Gasteiger partial charge in [0, 0.05) is 18.0 Å². The van der Waals surface area contributed by atoms with Gasteiger partial charge in [-0.05, 0) is 29.3 Å². The van der Waals surface area contributed by atoms with Crippen molar-refractivity contribution in [3.63, 3.8) is 0 Å². The average molecular weight is 403 g/mol. The number of benzene rings is 2. The lowest BCUT2D eigenvalue weighted by Crippen LogP contribution is -2.50. The minimum atomic E-state index is -0.739. The third-order valence-corrected chi connectivity index (χ3v) is 4.84. The predicted octanol–water partition coefficient (Wildman–Crippen LogP) is 1.94. The molecule has 2 aromatic carbocycles. The molecule has 0 saturated heterocycles. The second-order valence-electron chi connectivity index (χ2n) is 6.33. The number of nitrogens with two attached hydrogens (primary N) is 1. The predicted molar refractivity (Wildman–Crippen MR) is 102 cm³/mol. The van der Waals surface area contributed by atoms with E-state index in [1.807, 2.05) is 24.3 Å². The number of esters is 1. The Balaban J connectivity index is 1.79. The van der Waals surface area contributed by atoms with Crippen LogP contribution >= 0.6 is 11.6 Å². The highest BCUT2D eigenvalue weighted by atomic mass is 35.5. The standard InChI is InChI=1S/C20H19ClN2O5/c1-27-20(26)16-8-12-4-2-3-5-13(12)10-23(16)18(24)11-28-17-7-6-14(21)9-15(17)19(22)25/h2-7,9,16H,8,10-11H2,1H3,(H2,22,25)/t16-/m0/s1. The van der Waals surface area contributed by atoms with Gasteiger partial charge in [0.25, 0.3) is 11.8 Å². The van der Waals surface area contributed by atoms with E-state index in [4.69, 9.17) is 26.8 Å². The second-order valence-corrected chi connectivity index (χ2v) is 6.76. The molecule has 2 N–H and O–H groups in total. The van der Waals surface area contributed by atoms with Gasteiger partial charge in [-0.1, -0.05) is 35.9 Å². The number of hydrogen-bond acceptors (Lipinski definition) is 5. The highest BCUT2D eigenvalue weighted by Gasteiger charge is 2.35. The van der Waals surface area contributed by atoms with E-state index in [1.54, 1.807) is 0 Å². The van der Waals surface area contributed by atoms with Crippen LogP contribution in [0.5, 0.6) is 5.75 Å². The molecular weight excluding hydrogens is 384 g/mol. The number of amides is 2. The van der Waals surface area contributed by atoms with Gasteiger partial charge < -0.3 is 20.1 Å². The molecule has 0 spiro atoms. The molecule has 28 heavy (non-hydrogen) atoms. The summed E-state index contributed by atoms with van der Waals surface area (Å²) in [5.41, 5.74) is 7.36. The number of ether oxygens (including phenoxy) is 2. The summed E-state index contributed by atoms with van der Waals surface area (Å²) in [4.78, 5) is 38.0. The summed E-state index contributed by atoms with van der Waals surface area (Å²) in [5.74, 6) is -1.47. The first kappa shape index (κ1) is 19.7.